The molecule has 0 aliphatic heterocycles. The van der Waals surface area contributed by atoms with Crippen LogP contribution < -0.4 is 11.1 Å². The predicted octanol–water partition coefficient (Wildman–Crippen LogP) is 1.96. The van der Waals surface area contributed by atoms with E-state index in [2.05, 4.69) is 27.4 Å². The fourth-order valence-corrected chi connectivity index (χ4v) is 2.10. The first-order valence-electron chi connectivity index (χ1n) is 6.96. The van der Waals surface area contributed by atoms with E-state index in [1.54, 1.807) is 6.07 Å². The van der Waals surface area contributed by atoms with Crippen molar-refractivity contribution in [2.24, 2.45) is 0 Å². The van der Waals surface area contributed by atoms with Crippen LogP contribution in [0.4, 0.5) is 18.3 Å². The third-order valence-electron chi connectivity index (χ3n) is 2.62. The molecule has 138 valence electrons. The van der Waals surface area contributed by atoms with Crippen molar-refractivity contribution in [3.8, 4) is 0 Å². The van der Waals surface area contributed by atoms with Crippen molar-refractivity contribution in [1.29, 1.82) is 0 Å². The minimum atomic E-state index is -5.08. The van der Waals surface area contributed by atoms with E-state index in [0.717, 1.165) is 24.2 Å². The molecule has 5 N–H and O–H groups in total. The Hall–Kier alpha value is -2.63. The van der Waals surface area contributed by atoms with Crippen LogP contribution in [0, 0.1) is 0 Å². The second-order valence-corrected chi connectivity index (χ2v) is 5.58. The predicted molar refractivity (Wildman–Crippen MR) is 84.0 cm³/mol. The summed E-state index contributed by atoms with van der Waals surface area (Å²) in [5.74, 6) is -2.97. The number of nitrogen functional groups attached to an aromatic ring is 1. The van der Waals surface area contributed by atoms with Crippen LogP contribution in [-0.2, 0) is 17.8 Å². The zero-order valence-corrected chi connectivity index (χ0v) is 13.9. The van der Waals surface area contributed by atoms with E-state index >= 15 is 0 Å². The SMILES string of the molecule is CCCc1cc(C(=O)NCc2csc(N)n2)n[nH]1.O=C(O)C(F)(F)F. The van der Waals surface area contributed by atoms with Gasteiger partial charge in [0.05, 0.1) is 12.2 Å². The van der Waals surface area contributed by atoms with Gasteiger partial charge in [-0.25, -0.2) is 9.78 Å². The van der Waals surface area contributed by atoms with E-state index in [1.807, 2.05) is 5.38 Å². The highest BCUT2D eigenvalue weighted by Crippen LogP contribution is 2.13. The fourth-order valence-electron chi connectivity index (χ4n) is 1.54. The summed E-state index contributed by atoms with van der Waals surface area (Å²) in [5, 5.41) is 19.0. The van der Waals surface area contributed by atoms with E-state index in [1.165, 1.54) is 11.3 Å². The maximum Gasteiger partial charge on any atom is 0.490 e. The van der Waals surface area contributed by atoms with Gasteiger partial charge in [0.25, 0.3) is 5.91 Å². The van der Waals surface area contributed by atoms with Gasteiger partial charge in [-0.15, -0.1) is 11.3 Å². The maximum absolute atomic E-state index is 11.8. The number of nitrogens with two attached hydrogens (primary N) is 1. The Morgan fingerprint density at radius 2 is 2.08 bits per heavy atom. The third kappa shape index (κ3) is 7.20. The van der Waals surface area contributed by atoms with Gasteiger partial charge in [-0.1, -0.05) is 13.3 Å². The lowest BCUT2D eigenvalue weighted by Gasteiger charge is -1.99. The number of thiazole rings is 1. The van der Waals surface area contributed by atoms with Gasteiger partial charge in [0.2, 0.25) is 0 Å². The molecule has 2 aromatic heterocycles. The number of aryl methyl sites for hydroxylation is 1. The van der Waals surface area contributed by atoms with Crippen molar-refractivity contribution in [1.82, 2.24) is 20.5 Å². The molecule has 0 fully saturated rings. The summed E-state index contributed by atoms with van der Waals surface area (Å²) in [6.45, 7) is 2.44. The van der Waals surface area contributed by atoms with Crippen molar-refractivity contribution < 1.29 is 27.9 Å². The highest BCUT2D eigenvalue weighted by atomic mass is 32.1. The topological polar surface area (TPSA) is 134 Å². The molecule has 0 aliphatic rings. The molecule has 0 radical (unpaired) electrons. The molecule has 12 heteroatoms. The Bertz CT molecular complexity index is 714. The van der Waals surface area contributed by atoms with Crippen molar-refractivity contribution in [3.05, 3.63) is 28.5 Å². The van der Waals surface area contributed by atoms with Gasteiger partial charge in [-0.2, -0.15) is 18.3 Å². The van der Waals surface area contributed by atoms with Crippen LogP contribution in [0.25, 0.3) is 0 Å². The molecule has 0 spiro atoms. The largest absolute Gasteiger partial charge is 0.490 e. The summed E-state index contributed by atoms with van der Waals surface area (Å²) >= 11 is 1.36. The summed E-state index contributed by atoms with van der Waals surface area (Å²) in [5.41, 5.74) is 7.65. The molecule has 0 saturated carbocycles. The van der Waals surface area contributed by atoms with E-state index in [9.17, 15) is 18.0 Å². The normalized spacial score (nSPS) is 10.7. The number of nitrogens with one attached hydrogen (secondary N) is 2. The number of halogens is 3. The number of hydrogen-bond donors (Lipinski definition) is 4. The van der Waals surface area contributed by atoms with Gasteiger partial charge in [0.1, 0.15) is 5.69 Å². The van der Waals surface area contributed by atoms with Crippen molar-refractivity contribution in [3.63, 3.8) is 0 Å². The molecule has 1 amide bonds. The molecule has 2 rings (SSSR count). The van der Waals surface area contributed by atoms with Crippen LogP contribution in [0.2, 0.25) is 0 Å². The fraction of sp³-hybridized carbons (Fsp3) is 0.385. The molecule has 2 heterocycles. The number of carboxylic acids is 1. The molecule has 0 aliphatic carbocycles. The summed E-state index contributed by atoms with van der Waals surface area (Å²) in [4.78, 5) is 24.8. The Morgan fingerprint density at radius 3 is 2.56 bits per heavy atom. The second-order valence-electron chi connectivity index (χ2n) is 4.69. The third-order valence-corrected chi connectivity index (χ3v) is 3.35. The van der Waals surface area contributed by atoms with Crippen LogP contribution in [-0.4, -0.2) is 38.3 Å². The molecule has 2 aromatic rings. The Balaban J connectivity index is 0.000000381. The number of aliphatic carboxylic acids is 1. The number of carbonyl (C=O) groups excluding carboxylic acids is 1. The van der Waals surface area contributed by atoms with Gasteiger partial charge >= 0.3 is 12.1 Å². The number of nitrogens with zero attached hydrogens (tertiary/aromatic N) is 2. The van der Waals surface area contributed by atoms with Gasteiger partial charge in [-0.05, 0) is 12.5 Å². The van der Waals surface area contributed by atoms with E-state index in [0.29, 0.717) is 17.4 Å². The number of alkyl halides is 3. The highest BCUT2D eigenvalue weighted by Gasteiger charge is 2.38. The quantitative estimate of drug-likeness (QED) is 0.627. The van der Waals surface area contributed by atoms with E-state index in [-0.39, 0.29) is 5.91 Å². The number of amides is 1. The van der Waals surface area contributed by atoms with Crippen LogP contribution in [0.15, 0.2) is 11.4 Å². The van der Waals surface area contributed by atoms with Gasteiger partial charge in [0, 0.05) is 11.1 Å². The second kappa shape index (κ2) is 9.01. The summed E-state index contributed by atoms with van der Waals surface area (Å²) < 4.78 is 31.7. The Morgan fingerprint density at radius 1 is 1.44 bits per heavy atom. The monoisotopic (exact) mass is 379 g/mol. The van der Waals surface area contributed by atoms with Gasteiger partial charge in [-0.3, -0.25) is 9.89 Å². The minimum absolute atomic E-state index is 0.208. The van der Waals surface area contributed by atoms with Gasteiger partial charge < -0.3 is 16.2 Å². The number of rotatable bonds is 5. The van der Waals surface area contributed by atoms with Crippen molar-refractivity contribution in [2.75, 3.05) is 5.73 Å². The number of aromatic amines is 1. The molecule has 8 nitrogen and oxygen atoms in total. The lowest BCUT2D eigenvalue weighted by atomic mass is 10.2. The molecule has 0 saturated heterocycles. The number of carbonyl (C=O) groups is 2. The van der Waals surface area contributed by atoms with Crippen molar-refractivity contribution in [2.45, 2.75) is 32.5 Å². The molecule has 0 atom stereocenters. The standard InChI is InChI=1S/C11H15N5OS.C2HF3O2/c1-2-3-7-4-9(16-15-7)10(17)13-5-8-6-18-11(12)14-8;3-2(4,5)1(6)7/h4,6H,2-3,5H2,1H3,(H2,12,14)(H,13,17)(H,15,16);(H,6,7). The van der Waals surface area contributed by atoms with Crippen LogP contribution in [0.5, 0.6) is 0 Å². The molecule has 25 heavy (non-hydrogen) atoms. The molecule has 0 bridgehead atoms. The minimum Gasteiger partial charge on any atom is -0.475 e. The zero-order chi connectivity index (χ0) is 19.0. The maximum atomic E-state index is 11.8. The Labute approximate surface area is 144 Å². The summed E-state index contributed by atoms with van der Waals surface area (Å²) in [6, 6.07) is 1.77. The zero-order valence-electron chi connectivity index (χ0n) is 13.1. The average molecular weight is 379 g/mol. The molecule has 0 aromatic carbocycles. The van der Waals surface area contributed by atoms with Gasteiger partial charge in [0.15, 0.2) is 5.13 Å². The number of hydrogen-bond acceptors (Lipinski definition) is 6. The molecular weight excluding hydrogens is 363 g/mol. The average Bonchev–Trinajstić information content (AvgIpc) is 3.14. The highest BCUT2D eigenvalue weighted by molar-refractivity contribution is 7.13. The number of H-pyrrole nitrogens is 1. The Kier molecular flexibility index (Phi) is 7.36. The first-order valence-corrected chi connectivity index (χ1v) is 7.84. The molecule has 0 unspecified atom stereocenters. The first-order chi connectivity index (χ1) is 11.6. The summed E-state index contributed by atoms with van der Waals surface area (Å²) in [6.07, 6.45) is -3.18. The lowest BCUT2D eigenvalue weighted by Crippen LogP contribution is -2.23. The molecular formula is C13H16F3N5O3S. The lowest BCUT2D eigenvalue weighted by molar-refractivity contribution is -0.192. The van der Waals surface area contributed by atoms with E-state index < -0.39 is 12.1 Å². The number of aromatic nitrogens is 3. The number of anilines is 1. The van der Waals surface area contributed by atoms with Crippen LogP contribution >= 0.6 is 11.3 Å². The summed E-state index contributed by atoms with van der Waals surface area (Å²) in [7, 11) is 0. The smallest absolute Gasteiger partial charge is 0.475 e. The van der Waals surface area contributed by atoms with Crippen LogP contribution in [0.3, 0.4) is 0 Å². The van der Waals surface area contributed by atoms with Crippen molar-refractivity contribution >= 4 is 28.3 Å². The first kappa shape index (κ1) is 20.4. The van der Waals surface area contributed by atoms with E-state index in [4.69, 9.17) is 15.6 Å². The number of carboxylic acid groups (broad SMARTS) is 1. The van der Waals surface area contributed by atoms with Crippen LogP contribution in [0.1, 0.15) is 35.2 Å².